The third-order valence-corrected chi connectivity index (χ3v) is 3.23. The molecule has 0 atom stereocenters. The van der Waals surface area contributed by atoms with Gasteiger partial charge in [0.25, 0.3) is 0 Å². The summed E-state index contributed by atoms with van der Waals surface area (Å²) in [6.07, 6.45) is 0. The fraction of sp³-hybridized carbons (Fsp3) is 0.250. The van der Waals surface area contributed by atoms with E-state index in [2.05, 4.69) is 5.32 Å². The molecule has 0 radical (unpaired) electrons. The molecule has 20 heavy (non-hydrogen) atoms. The molecule has 0 heterocycles. The minimum Gasteiger partial charge on any atom is -0.497 e. The third kappa shape index (κ3) is 3.89. The number of nitrogens with one attached hydrogen (secondary N) is 1. The Morgan fingerprint density at radius 3 is 2.35 bits per heavy atom. The smallest absolute Gasteiger partial charge is 0.138 e. The second kappa shape index (κ2) is 7.17. The van der Waals surface area contributed by atoms with Crippen molar-refractivity contribution >= 4 is 11.6 Å². The minimum absolute atomic E-state index is 0.481. The van der Waals surface area contributed by atoms with Gasteiger partial charge in [0.1, 0.15) is 18.1 Å². The number of methoxy groups -OCH3 is 1. The molecule has 3 nitrogen and oxygen atoms in total. The van der Waals surface area contributed by atoms with E-state index >= 15 is 0 Å². The fourth-order valence-electron chi connectivity index (χ4n) is 1.86. The van der Waals surface area contributed by atoms with Gasteiger partial charge in [-0.2, -0.15) is 0 Å². The molecule has 4 heteroatoms. The van der Waals surface area contributed by atoms with Gasteiger partial charge in [-0.05, 0) is 42.4 Å². The van der Waals surface area contributed by atoms with Gasteiger partial charge in [0.2, 0.25) is 0 Å². The Bertz CT molecular complexity index is 555. The molecule has 2 aromatic carbocycles. The molecule has 0 fully saturated rings. The largest absolute Gasteiger partial charge is 0.497 e. The van der Waals surface area contributed by atoms with E-state index < -0.39 is 0 Å². The van der Waals surface area contributed by atoms with E-state index in [9.17, 15) is 0 Å². The lowest BCUT2D eigenvalue weighted by Crippen LogP contribution is -2.05. The minimum atomic E-state index is 0.481. The maximum absolute atomic E-state index is 6.21. The van der Waals surface area contributed by atoms with Crippen LogP contribution in [-0.2, 0) is 13.2 Å². The molecule has 0 bridgehead atoms. The predicted octanol–water partition coefficient (Wildman–Crippen LogP) is 3.65. The van der Waals surface area contributed by atoms with Crippen molar-refractivity contribution < 1.29 is 9.47 Å². The second-order valence-electron chi connectivity index (χ2n) is 4.43. The monoisotopic (exact) mass is 291 g/mol. The van der Waals surface area contributed by atoms with Crippen molar-refractivity contribution in [3.8, 4) is 11.5 Å². The molecule has 0 aromatic heterocycles. The van der Waals surface area contributed by atoms with Gasteiger partial charge in [-0.15, -0.1) is 0 Å². The fourth-order valence-corrected chi connectivity index (χ4v) is 2.12. The van der Waals surface area contributed by atoms with Crippen molar-refractivity contribution in [2.75, 3.05) is 14.2 Å². The van der Waals surface area contributed by atoms with Crippen LogP contribution in [0.5, 0.6) is 11.5 Å². The van der Waals surface area contributed by atoms with Crippen molar-refractivity contribution in [1.82, 2.24) is 5.32 Å². The van der Waals surface area contributed by atoms with Crippen LogP contribution in [0.25, 0.3) is 0 Å². The Labute approximate surface area is 124 Å². The zero-order valence-corrected chi connectivity index (χ0v) is 12.4. The van der Waals surface area contributed by atoms with E-state index in [1.54, 1.807) is 7.11 Å². The number of benzene rings is 2. The first kappa shape index (κ1) is 14.7. The lowest BCUT2D eigenvalue weighted by Gasteiger charge is -2.10. The van der Waals surface area contributed by atoms with Gasteiger partial charge >= 0.3 is 0 Å². The number of hydrogen-bond acceptors (Lipinski definition) is 3. The molecule has 106 valence electrons. The average Bonchev–Trinajstić information content (AvgIpc) is 2.47. The van der Waals surface area contributed by atoms with Gasteiger partial charge in [0, 0.05) is 6.54 Å². The molecule has 2 rings (SSSR count). The van der Waals surface area contributed by atoms with Crippen LogP contribution < -0.4 is 14.8 Å². The number of ether oxygens (including phenoxy) is 2. The van der Waals surface area contributed by atoms with Crippen LogP contribution in [0.3, 0.4) is 0 Å². The molecule has 2 aromatic rings. The Morgan fingerprint density at radius 2 is 1.75 bits per heavy atom. The normalized spacial score (nSPS) is 10.3. The van der Waals surface area contributed by atoms with Gasteiger partial charge in [-0.3, -0.25) is 0 Å². The Morgan fingerprint density at radius 1 is 1.05 bits per heavy atom. The highest BCUT2D eigenvalue weighted by Gasteiger charge is 2.03. The van der Waals surface area contributed by atoms with E-state index in [-0.39, 0.29) is 0 Å². The highest BCUT2D eigenvalue weighted by molar-refractivity contribution is 6.32. The first-order valence-corrected chi connectivity index (χ1v) is 6.79. The summed E-state index contributed by atoms with van der Waals surface area (Å²) in [5, 5.41) is 3.72. The molecule has 0 unspecified atom stereocenters. The predicted molar refractivity (Wildman–Crippen MR) is 81.5 cm³/mol. The average molecular weight is 292 g/mol. The van der Waals surface area contributed by atoms with Crippen LogP contribution >= 0.6 is 11.6 Å². The molecule has 0 aliphatic carbocycles. The van der Waals surface area contributed by atoms with Gasteiger partial charge in [-0.1, -0.05) is 29.8 Å². The van der Waals surface area contributed by atoms with Gasteiger partial charge < -0.3 is 14.8 Å². The van der Waals surface area contributed by atoms with Crippen LogP contribution in [0.15, 0.2) is 42.5 Å². The zero-order chi connectivity index (χ0) is 14.4. The van der Waals surface area contributed by atoms with Crippen molar-refractivity contribution in [3.63, 3.8) is 0 Å². The summed E-state index contributed by atoms with van der Waals surface area (Å²) in [5.41, 5.74) is 2.20. The molecule has 0 aliphatic heterocycles. The first-order chi connectivity index (χ1) is 9.72. The van der Waals surface area contributed by atoms with Crippen LogP contribution in [0.2, 0.25) is 5.02 Å². The molecule has 0 spiro atoms. The topological polar surface area (TPSA) is 30.5 Å². The van der Waals surface area contributed by atoms with Gasteiger partial charge in [-0.25, -0.2) is 0 Å². The summed E-state index contributed by atoms with van der Waals surface area (Å²) in [6, 6.07) is 13.6. The Kier molecular flexibility index (Phi) is 5.27. The zero-order valence-electron chi connectivity index (χ0n) is 11.7. The highest BCUT2D eigenvalue weighted by atomic mass is 35.5. The number of rotatable bonds is 6. The number of halogens is 1. The van der Waals surface area contributed by atoms with Gasteiger partial charge in [0.05, 0.1) is 12.1 Å². The van der Waals surface area contributed by atoms with Crippen LogP contribution in [-0.4, -0.2) is 14.2 Å². The van der Waals surface area contributed by atoms with E-state index in [1.165, 1.54) is 0 Å². The van der Waals surface area contributed by atoms with Crippen molar-refractivity contribution in [2.45, 2.75) is 13.2 Å². The van der Waals surface area contributed by atoms with Gasteiger partial charge in [0.15, 0.2) is 0 Å². The first-order valence-electron chi connectivity index (χ1n) is 6.41. The summed E-state index contributed by atoms with van der Waals surface area (Å²) in [7, 11) is 3.56. The lowest BCUT2D eigenvalue weighted by molar-refractivity contribution is 0.306. The van der Waals surface area contributed by atoms with Crippen molar-refractivity contribution in [2.24, 2.45) is 0 Å². The maximum atomic E-state index is 6.21. The summed E-state index contributed by atoms with van der Waals surface area (Å²) in [4.78, 5) is 0. The highest BCUT2D eigenvalue weighted by Crippen LogP contribution is 2.26. The molecule has 0 amide bonds. The van der Waals surface area contributed by atoms with E-state index in [0.29, 0.717) is 17.4 Å². The summed E-state index contributed by atoms with van der Waals surface area (Å²) in [5.74, 6) is 1.53. The SMILES string of the molecule is CNCc1ccc(OCc2ccc(OC)cc2)c(Cl)c1. The quantitative estimate of drug-likeness (QED) is 0.881. The molecule has 0 aliphatic rings. The molecule has 0 saturated heterocycles. The molecular formula is C16H18ClNO2. The Balaban J connectivity index is 1.99. The lowest BCUT2D eigenvalue weighted by atomic mass is 10.2. The third-order valence-electron chi connectivity index (χ3n) is 2.93. The second-order valence-corrected chi connectivity index (χ2v) is 4.84. The Hall–Kier alpha value is -1.71. The van der Waals surface area contributed by atoms with Crippen molar-refractivity contribution in [3.05, 3.63) is 58.6 Å². The van der Waals surface area contributed by atoms with Crippen molar-refractivity contribution in [1.29, 1.82) is 0 Å². The maximum Gasteiger partial charge on any atom is 0.138 e. The van der Waals surface area contributed by atoms with E-state index in [1.807, 2.05) is 49.5 Å². The summed E-state index contributed by atoms with van der Waals surface area (Å²) < 4.78 is 10.9. The van der Waals surface area contributed by atoms with E-state index in [0.717, 1.165) is 23.4 Å². The molecule has 0 saturated carbocycles. The summed E-state index contributed by atoms with van der Waals surface area (Å²) >= 11 is 6.21. The van der Waals surface area contributed by atoms with Crippen LogP contribution in [0.4, 0.5) is 0 Å². The van der Waals surface area contributed by atoms with E-state index in [4.69, 9.17) is 21.1 Å². The van der Waals surface area contributed by atoms with Crippen LogP contribution in [0, 0.1) is 0 Å². The van der Waals surface area contributed by atoms with Crippen LogP contribution in [0.1, 0.15) is 11.1 Å². The standard InChI is InChI=1S/C16H18ClNO2/c1-18-10-13-5-8-16(15(17)9-13)20-11-12-3-6-14(19-2)7-4-12/h3-9,18H,10-11H2,1-2H3. The molecule has 1 N–H and O–H groups in total. The number of hydrogen-bond donors (Lipinski definition) is 1. The molecular weight excluding hydrogens is 274 g/mol. The summed E-state index contributed by atoms with van der Waals surface area (Å²) in [6.45, 7) is 1.27.